The number of piperidine rings is 1. The lowest BCUT2D eigenvalue weighted by molar-refractivity contribution is -0.139. The van der Waals surface area contributed by atoms with Crippen molar-refractivity contribution < 1.29 is 19.5 Å². The van der Waals surface area contributed by atoms with Gasteiger partial charge in [-0.1, -0.05) is 78.9 Å². The van der Waals surface area contributed by atoms with Gasteiger partial charge in [-0.05, 0) is 43.0 Å². The number of carbonyl (C=O) groups excluding carboxylic acids is 3. The van der Waals surface area contributed by atoms with E-state index in [0.717, 1.165) is 5.56 Å². The minimum absolute atomic E-state index is 0.205. The predicted octanol–water partition coefficient (Wildman–Crippen LogP) is 2.75. The van der Waals surface area contributed by atoms with Gasteiger partial charge in [-0.2, -0.15) is 5.10 Å². The van der Waals surface area contributed by atoms with Crippen molar-refractivity contribution in [2.24, 2.45) is 0 Å². The number of hydrogen-bond donors (Lipinski definition) is 3. The first-order valence-corrected chi connectivity index (χ1v) is 14.9. The van der Waals surface area contributed by atoms with Crippen LogP contribution in [0.2, 0.25) is 0 Å². The smallest absolute Gasteiger partial charge is 0.252 e. The first-order valence-electron chi connectivity index (χ1n) is 14.9. The molecule has 1 aliphatic rings. The van der Waals surface area contributed by atoms with Crippen LogP contribution in [0, 0.1) is 0 Å². The normalized spacial score (nSPS) is 16.4. The number of aliphatic hydroxyl groups is 1. The third-order valence-electron chi connectivity index (χ3n) is 8.33. The Morgan fingerprint density at radius 1 is 0.886 bits per heavy atom. The van der Waals surface area contributed by atoms with Crippen LogP contribution in [0.3, 0.4) is 0 Å². The van der Waals surface area contributed by atoms with E-state index in [-0.39, 0.29) is 17.7 Å². The molecule has 0 saturated carbocycles. The number of amides is 3. The molecule has 4 aromatic rings. The highest BCUT2D eigenvalue weighted by atomic mass is 16.3. The third kappa shape index (κ3) is 7.38. The summed E-state index contributed by atoms with van der Waals surface area (Å²) in [5.41, 5.74) is 2.20. The van der Waals surface area contributed by atoms with Crippen molar-refractivity contribution in [1.82, 2.24) is 30.3 Å². The number of rotatable bonds is 11. The summed E-state index contributed by atoms with van der Waals surface area (Å²) in [6, 6.07) is 26.1. The topological polar surface area (TPSA) is 129 Å². The van der Waals surface area contributed by atoms with Crippen LogP contribution >= 0.6 is 0 Å². The number of aromatic nitrogens is 3. The Balaban J connectivity index is 1.33. The Morgan fingerprint density at radius 3 is 2.09 bits per heavy atom. The summed E-state index contributed by atoms with van der Waals surface area (Å²) >= 11 is 0. The molecule has 228 valence electrons. The average molecular weight is 595 g/mol. The van der Waals surface area contributed by atoms with Crippen molar-refractivity contribution in [3.63, 3.8) is 0 Å². The molecular formula is C34H38N6O4. The van der Waals surface area contributed by atoms with Crippen LogP contribution in [-0.2, 0) is 28.0 Å². The molecule has 0 bridgehead atoms. The summed E-state index contributed by atoms with van der Waals surface area (Å²) in [4.78, 5) is 46.3. The molecule has 44 heavy (non-hydrogen) atoms. The number of benzene rings is 3. The molecule has 1 aliphatic heterocycles. The highest BCUT2D eigenvalue weighted by Gasteiger charge is 2.40. The largest absolute Gasteiger partial charge is 0.391 e. The first kappa shape index (κ1) is 30.6. The van der Waals surface area contributed by atoms with Gasteiger partial charge in [0.2, 0.25) is 11.8 Å². The van der Waals surface area contributed by atoms with E-state index >= 15 is 0 Å². The maximum Gasteiger partial charge on any atom is 0.252 e. The molecule has 1 unspecified atom stereocenters. The molecule has 3 aromatic carbocycles. The van der Waals surface area contributed by atoms with Crippen molar-refractivity contribution >= 4 is 17.7 Å². The zero-order chi connectivity index (χ0) is 30.9. The summed E-state index contributed by atoms with van der Waals surface area (Å²) < 4.78 is 1.84. The second kappa shape index (κ2) is 14.1. The summed E-state index contributed by atoms with van der Waals surface area (Å²) in [5, 5.41) is 20.3. The summed E-state index contributed by atoms with van der Waals surface area (Å²) in [7, 11) is 0. The van der Waals surface area contributed by atoms with Gasteiger partial charge in [0.25, 0.3) is 5.91 Å². The molecule has 2 heterocycles. The highest BCUT2D eigenvalue weighted by Crippen LogP contribution is 2.37. The van der Waals surface area contributed by atoms with Crippen molar-refractivity contribution in [3.8, 4) is 0 Å². The van der Waals surface area contributed by atoms with Gasteiger partial charge in [-0.15, -0.1) is 0 Å². The Kier molecular flexibility index (Phi) is 9.81. The highest BCUT2D eigenvalue weighted by molar-refractivity contribution is 5.98. The van der Waals surface area contributed by atoms with Crippen LogP contribution in [0.5, 0.6) is 0 Å². The molecule has 10 heteroatoms. The third-order valence-corrected chi connectivity index (χ3v) is 8.33. The molecule has 5 rings (SSSR count). The quantitative estimate of drug-likeness (QED) is 0.245. The molecule has 0 spiro atoms. The molecule has 1 saturated heterocycles. The number of aliphatic hydroxyl groups excluding tert-OH is 1. The van der Waals surface area contributed by atoms with E-state index in [1.165, 1.54) is 18.8 Å². The van der Waals surface area contributed by atoms with Crippen molar-refractivity contribution in [2.75, 3.05) is 13.1 Å². The van der Waals surface area contributed by atoms with Crippen molar-refractivity contribution in [3.05, 3.63) is 120 Å². The van der Waals surface area contributed by atoms with Gasteiger partial charge in [0.1, 0.15) is 24.7 Å². The fourth-order valence-electron chi connectivity index (χ4n) is 5.86. The summed E-state index contributed by atoms with van der Waals surface area (Å²) in [5.74, 6) is -1.32. The van der Waals surface area contributed by atoms with E-state index in [1.807, 2.05) is 53.2 Å². The Bertz CT molecular complexity index is 1510. The van der Waals surface area contributed by atoms with Crippen molar-refractivity contribution in [1.29, 1.82) is 0 Å². The van der Waals surface area contributed by atoms with E-state index in [1.54, 1.807) is 41.6 Å². The Hall–Kier alpha value is -4.83. The van der Waals surface area contributed by atoms with Gasteiger partial charge < -0.3 is 20.6 Å². The van der Waals surface area contributed by atoms with Crippen LogP contribution in [0.4, 0.5) is 0 Å². The van der Waals surface area contributed by atoms with E-state index in [2.05, 4.69) is 32.8 Å². The van der Waals surface area contributed by atoms with Crippen LogP contribution in [0.1, 0.15) is 41.3 Å². The van der Waals surface area contributed by atoms with E-state index in [0.29, 0.717) is 38.0 Å². The minimum Gasteiger partial charge on any atom is -0.391 e. The fraction of sp³-hybridized carbons (Fsp3) is 0.324. The second-order valence-corrected chi connectivity index (χ2v) is 11.4. The molecule has 1 fully saturated rings. The van der Waals surface area contributed by atoms with Gasteiger partial charge in [0, 0.05) is 30.5 Å². The number of likely N-dealkylation sites (tertiary alicyclic amines) is 1. The lowest BCUT2D eigenvalue weighted by atomic mass is 9.72. The summed E-state index contributed by atoms with van der Waals surface area (Å²) in [6.45, 7) is 3.06. The van der Waals surface area contributed by atoms with Gasteiger partial charge in [0.15, 0.2) is 0 Å². The molecule has 1 aromatic heterocycles. The van der Waals surface area contributed by atoms with E-state index in [4.69, 9.17) is 0 Å². The maximum atomic E-state index is 14.1. The lowest BCUT2D eigenvalue weighted by Gasteiger charge is -2.43. The first-order chi connectivity index (χ1) is 21.3. The number of carbonyl (C=O) groups is 3. The zero-order valence-corrected chi connectivity index (χ0v) is 24.8. The zero-order valence-electron chi connectivity index (χ0n) is 24.8. The van der Waals surface area contributed by atoms with Gasteiger partial charge >= 0.3 is 0 Å². The van der Waals surface area contributed by atoms with Crippen LogP contribution < -0.4 is 10.6 Å². The molecule has 3 N–H and O–H groups in total. The maximum absolute atomic E-state index is 14.1. The predicted molar refractivity (Wildman–Crippen MR) is 165 cm³/mol. The molecule has 3 atom stereocenters. The second-order valence-electron chi connectivity index (χ2n) is 11.4. The molecule has 0 aliphatic carbocycles. The number of hydrogen-bond acceptors (Lipinski definition) is 6. The Labute approximate surface area is 257 Å². The Morgan fingerprint density at radius 2 is 1.50 bits per heavy atom. The van der Waals surface area contributed by atoms with E-state index in [9.17, 15) is 19.5 Å². The molecular weight excluding hydrogens is 556 g/mol. The monoisotopic (exact) mass is 594 g/mol. The van der Waals surface area contributed by atoms with E-state index < -0.39 is 30.0 Å². The summed E-state index contributed by atoms with van der Waals surface area (Å²) in [6.07, 6.45) is 3.73. The lowest BCUT2D eigenvalue weighted by Crippen LogP contribution is -2.59. The van der Waals surface area contributed by atoms with Crippen LogP contribution in [0.25, 0.3) is 0 Å². The molecule has 3 amide bonds. The standard InChI is InChI=1S/C34H38N6O4/c1-25(41)30(38-31(42)27-13-7-3-8-14-27)32(43)37-29(21-26-11-5-2-6-12-26)33(44)39-19-17-34(18-20-39,22-40-24-35-23-36-40)28-15-9-4-10-16-28/h2-16,23-25,29-30,41H,17-22H2,1H3,(H,37,43)(H,38,42)/t25?,29-,30-/m0/s1. The number of nitrogens with one attached hydrogen (secondary N) is 2. The molecule has 10 nitrogen and oxygen atoms in total. The average Bonchev–Trinajstić information content (AvgIpc) is 3.57. The van der Waals surface area contributed by atoms with Gasteiger partial charge in [0.05, 0.1) is 12.6 Å². The van der Waals surface area contributed by atoms with Crippen LogP contribution in [-0.4, -0.2) is 73.8 Å². The molecule has 0 radical (unpaired) electrons. The van der Waals surface area contributed by atoms with Gasteiger partial charge in [-0.25, -0.2) is 4.98 Å². The SMILES string of the molecule is CC(O)[C@H](NC(=O)c1ccccc1)C(=O)N[C@@H](Cc1ccccc1)C(=O)N1CCC(Cn2cncn2)(c2ccccc2)CC1. The van der Waals surface area contributed by atoms with Crippen LogP contribution in [0.15, 0.2) is 104 Å². The van der Waals surface area contributed by atoms with Crippen molar-refractivity contribution in [2.45, 2.75) is 56.3 Å². The fourth-order valence-corrected chi connectivity index (χ4v) is 5.86. The number of nitrogens with zero attached hydrogens (tertiary/aromatic N) is 4. The minimum atomic E-state index is -1.25. The van der Waals surface area contributed by atoms with Gasteiger partial charge in [-0.3, -0.25) is 19.1 Å².